The second kappa shape index (κ2) is 5.60. The molecule has 0 fully saturated rings. The molecule has 0 bridgehead atoms. The molecule has 0 amide bonds. The Kier molecular flexibility index (Phi) is 4.72. The van der Waals surface area contributed by atoms with Gasteiger partial charge in [-0.05, 0) is 30.1 Å². The molecular formula is C14H22S. The minimum Gasteiger partial charge on any atom is -0.157 e. The highest BCUT2D eigenvalue weighted by atomic mass is 32.2. The molecule has 0 heterocycles. The number of hydrogen-bond acceptors (Lipinski definition) is 1. The summed E-state index contributed by atoms with van der Waals surface area (Å²) in [5.41, 5.74) is 3.26. The quantitative estimate of drug-likeness (QED) is 0.667. The van der Waals surface area contributed by atoms with Gasteiger partial charge in [0.1, 0.15) is 0 Å². The fourth-order valence-corrected chi connectivity index (χ4v) is 2.58. The molecule has 0 nitrogen and oxygen atoms in total. The molecule has 0 aliphatic heterocycles. The van der Waals surface area contributed by atoms with Crippen LogP contribution in [0, 0.1) is 12.3 Å². The molecule has 0 N–H and O–H groups in total. The maximum absolute atomic E-state index is 2.30. The van der Waals surface area contributed by atoms with E-state index in [0.29, 0.717) is 5.41 Å². The molecule has 1 heteroatoms. The van der Waals surface area contributed by atoms with Gasteiger partial charge in [-0.25, -0.2) is 0 Å². The minimum atomic E-state index is 0.472. The van der Waals surface area contributed by atoms with Gasteiger partial charge in [0.2, 0.25) is 0 Å². The summed E-state index contributed by atoms with van der Waals surface area (Å²) in [5, 5.41) is 0. The molecule has 0 aromatic heterocycles. The molecular weight excluding hydrogens is 200 g/mol. The molecule has 0 saturated heterocycles. The summed E-state index contributed by atoms with van der Waals surface area (Å²) in [6, 6.07) is 8.86. The van der Waals surface area contributed by atoms with Gasteiger partial charge in [0, 0.05) is 5.75 Å². The van der Waals surface area contributed by atoms with Crippen molar-refractivity contribution in [1.29, 1.82) is 0 Å². The first kappa shape index (κ1) is 12.6. The van der Waals surface area contributed by atoms with Crippen molar-refractivity contribution in [3.63, 3.8) is 0 Å². The Morgan fingerprint density at radius 3 is 2.20 bits per heavy atom. The highest BCUT2D eigenvalue weighted by Crippen LogP contribution is 2.23. The van der Waals surface area contributed by atoms with E-state index in [4.69, 9.17) is 0 Å². The van der Waals surface area contributed by atoms with E-state index in [1.54, 1.807) is 0 Å². The fourth-order valence-electron chi connectivity index (χ4n) is 1.25. The Balaban J connectivity index is 2.23. The van der Waals surface area contributed by atoms with Gasteiger partial charge in [0.25, 0.3) is 0 Å². The summed E-state index contributed by atoms with van der Waals surface area (Å²) in [7, 11) is 0. The topological polar surface area (TPSA) is 0 Å². The van der Waals surface area contributed by atoms with Crippen LogP contribution in [0.15, 0.2) is 24.3 Å². The van der Waals surface area contributed by atoms with E-state index >= 15 is 0 Å². The van der Waals surface area contributed by atoms with E-state index in [0.717, 1.165) is 5.75 Å². The van der Waals surface area contributed by atoms with Crippen LogP contribution in [0.3, 0.4) is 0 Å². The van der Waals surface area contributed by atoms with E-state index in [1.165, 1.54) is 23.3 Å². The summed E-state index contributed by atoms with van der Waals surface area (Å²) < 4.78 is 0. The molecule has 84 valence electrons. The van der Waals surface area contributed by atoms with Gasteiger partial charge in [0.05, 0.1) is 0 Å². The van der Waals surface area contributed by atoms with Crippen molar-refractivity contribution < 1.29 is 0 Å². The van der Waals surface area contributed by atoms with Crippen LogP contribution in [0.5, 0.6) is 0 Å². The second-order valence-corrected chi connectivity index (χ2v) is 6.45. The smallest absolute Gasteiger partial charge is 0.0184 e. The maximum atomic E-state index is 2.30. The molecule has 0 radical (unpaired) electrons. The molecule has 0 atom stereocenters. The lowest BCUT2D eigenvalue weighted by atomic mass is 9.94. The monoisotopic (exact) mass is 222 g/mol. The zero-order valence-electron chi connectivity index (χ0n) is 10.3. The molecule has 0 aliphatic carbocycles. The Morgan fingerprint density at radius 2 is 1.67 bits per heavy atom. The van der Waals surface area contributed by atoms with E-state index in [2.05, 4.69) is 52.0 Å². The average molecular weight is 222 g/mol. The van der Waals surface area contributed by atoms with Gasteiger partial charge in [0.15, 0.2) is 0 Å². The van der Waals surface area contributed by atoms with Crippen molar-refractivity contribution in [1.82, 2.24) is 0 Å². The van der Waals surface area contributed by atoms with Gasteiger partial charge < -0.3 is 0 Å². The SMILES string of the molecule is Cc1ccc(CSCCC(C)(C)C)cc1. The maximum Gasteiger partial charge on any atom is 0.0184 e. The number of aryl methyl sites for hydroxylation is 1. The first-order chi connectivity index (χ1) is 6.97. The highest BCUT2D eigenvalue weighted by molar-refractivity contribution is 7.98. The second-order valence-electron chi connectivity index (χ2n) is 5.35. The van der Waals surface area contributed by atoms with Crippen molar-refractivity contribution in [3.05, 3.63) is 35.4 Å². The van der Waals surface area contributed by atoms with Gasteiger partial charge >= 0.3 is 0 Å². The number of rotatable bonds is 4. The van der Waals surface area contributed by atoms with Crippen LogP contribution in [0.4, 0.5) is 0 Å². The first-order valence-electron chi connectivity index (χ1n) is 5.61. The van der Waals surface area contributed by atoms with Crippen LogP contribution in [0.1, 0.15) is 38.3 Å². The third-order valence-electron chi connectivity index (χ3n) is 2.39. The van der Waals surface area contributed by atoms with Crippen molar-refractivity contribution in [3.8, 4) is 0 Å². The average Bonchev–Trinajstić information content (AvgIpc) is 2.14. The van der Waals surface area contributed by atoms with Crippen LogP contribution in [0.2, 0.25) is 0 Å². The van der Waals surface area contributed by atoms with Crippen LogP contribution in [-0.2, 0) is 5.75 Å². The predicted molar refractivity (Wildman–Crippen MR) is 71.4 cm³/mol. The van der Waals surface area contributed by atoms with Crippen LogP contribution in [0.25, 0.3) is 0 Å². The Hall–Kier alpha value is -0.430. The highest BCUT2D eigenvalue weighted by Gasteiger charge is 2.08. The van der Waals surface area contributed by atoms with Crippen molar-refractivity contribution in [2.75, 3.05) is 5.75 Å². The molecule has 1 aromatic carbocycles. The van der Waals surface area contributed by atoms with Crippen molar-refractivity contribution in [2.24, 2.45) is 5.41 Å². The van der Waals surface area contributed by atoms with Gasteiger partial charge in [-0.15, -0.1) is 0 Å². The minimum absolute atomic E-state index is 0.472. The standard InChI is InChI=1S/C14H22S/c1-12-5-7-13(8-6-12)11-15-10-9-14(2,3)4/h5-8H,9-11H2,1-4H3. The molecule has 15 heavy (non-hydrogen) atoms. The van der Waals surface area contributed by atoms with E-state index in [9.17, 15) is 0 Å². The summed E-state index contributed by atoms with van der Waals surface area (Å²) in [4.78, 5) is 0. The van der Waals surface area contributed by atoms with E-state index in [1.807, 2.05) is 11.8 Å². The Morgan fingerprint density at radius 1 is 1.07 bits per heavy atom. The lowest BCUT2D eigenvalue weighted by Crippen LogP contribution is -2.05. The molecule has 0 spiro atoms. The molecule has 0 saturated carbocycles. The van der Waals surface area contributed by atoms with Crippen molar-refractivity contribution in [2.45, 2.75) is 39.9 Å². The summed E-state index contributed by atoms with van der Waals surface area (Å²) in [5.74, 6) is 2.41. The predicted octanol–water partition coefficient (Wildman–Crippen LogP) is 4.66. The largest absolute Gasteiger partial charge is 0.157 e. The van der Waals surface area contributed by atoms with Crippen LogP contribution >= 0.6 is 11.8 Å². The number of benzene rings is 1. The Labute approximate surface area is 98.5 Å². The Bertz CT molecular complexity index is 279. The molecule has 0 aliphatic rings. The zero-order valence-corrected chi connectivity index (χ0v) is 11.2. The molecule has 1 aromatic rings. The number of hydrogen-bond donors (Lipinski definition) is 0. The van der Waals surface area contributed by atoms with Crippen LogP contribution < -0.4 is 0 Å². The van der Waals surface area contributed by atoms with Gasteiger partial charge in [-0.3, -0.25) is 0 Å². The van der Waals surface area contributed by atoms with Crippen molar-refractivity contribution >= 4 is 11.8 Å². The normalized spacial score (nSPS) is 11.7. The number of thioether (sulfide) groups is 1. The third kappa shape index (κ3) is 5.88. The lowest BCUT2D eigenvalue weighted by Gasteiger charge is -2.17. The summed E-state index contributed by atoms with van der Waals surface area (Å²) in [6.45, 7) is 9.05. The van der Waals surface area contributed by atoms with E-state index < -0.39 is 0 Å². The first-order valence-corrected chi connectivity index (χ1v) is 6.76. The molecule has 1 rings (SSSR count). The summed E-state index contributed by atoms with van der Waals surface area (Å²) >= 11 is 2.04. The summed E-state index contributed by atoms with van der Waals surface area (Å²) in [6.07, 6.45) is 1.30. The zero-order chi connectivity index (χ0) is 11.3. The molecule has 0 unspecified atom stereocenters. The van der Waals surface area contributed by atoms with Crippen LogP contribution in [-0.4, -0.2) is 5.75 Å². The van der Waals surface area contributed by atoms with Gasteiger partial charge in [-0.2, -0.15) is 11.8 Å². The van der Waals surface area contributed by atoms with E-state index in [-0.39, 0.29) is 0 Å². The third-order valence-corrected chi connectivity index (χ3v) is 3.42. The van der Waals surface area contributed by atoms with Gasteiger partial charge in [-0.1, -0.05) is 50.6 Å². The lowest BCUT2D eigenvalue weighted by molar-refractivity contribution is 0.401. The fraction of sp³-hybridized carbons (Fsp3) is 0.571.